The van der Waals surface area contributed by atoms with Crippen molar-refractivity contribution in [2.75, 3.05) is 19.7 Å². The molecular weight excluding hydrogens is 134 g/mol. The van der Waals surface area contributed by atoms with E-state index in [9.17, 15) is 9.59 Å². The molecule has 4 heteroatoms. The fraction of sp³-hybridized carbons (Fsp3) is 0.667. The van der Waals surface area contributed by atoms with Gasteiger partial charge in [0.05, 0.1) is 5.92 Å². The second-order valence-corrected chi connectivity index (χ2v) is 2.30. The molecule has 0 aromatic heterocycles. The highest BCUT2D eigenvalue weighted by Crippen LogP contribution is 2.04. The van der Waals surface area contributed by atoms with E-state index in [0.29, 0.717) is 13.1 Å². The molecular formula is C6H9NO3. The first-order valence-electron chi connectivity index (χ1n) is 3.14. The minimum absolute atomic E-state index is 0.181. The predicted molar refractivity (Wildman–Crippen MR) is 33.5 cm³/mol. The second kappa shape index (κ2) is 2.90. The first kappa shape index (κ1) is 7.37. The molecule has 0 unspecified atom stereocenters. The Labute approximate surface area is 58.2 Å². The van der Waals surface area contributed by atoms with E-state index in [1.165, 1.54) is 0 Å². The Morgan fingerprint density at radius 1 is 1.50 bits per heavy atom. The highest BCUT2D eigenvalue weighted by molar-refractivity contribution is 6.38. The molecule has 0 amide bonds. The van der Waals surface area contributed by atoms with Gasteiger partial charge in [0, 0.05) is 13.1 Å². The summed E-state index contributed by atoms with van der Waals surface area (Å²) in [5.74, 6) is -1.30. The molecule has 0 spiro atoms. The van der Waals surface area contributed by atoms with Gasteiger partial charge in [0.15, 0.2) is 0 Å². The summed E-state index contributed by atoms with van der Waals surface area (Å²) >= 11 is 0. The Kier molecular flexibility index (Phi) is 2.13. The van der Waals surface area contributed by atoms with Gasteiger partial charge in [-0.15, -0.1) is 0 Å². The molecule has 0 bridgehead atoms. The van der Waals surface area contributed by atoms with E-state index < -0.39 is 18.2 Å². The van der Waals surface area contributed by atoms with Gasteiger partial charge in [-0.25, -0.2) is 0 Å². The maximum atomic E-state index is 10.8. The zero-order valence-corrected chi connectivity index (χ0v) is 5.46. The first-order valence-corrected chi connectivity index (χ1v) is 3.14. The third-order valence-corrected chi connectivity index (χ3v) is 1.57. The Bertz CT molecular complexity index is 162. The van der Waals surface area contributed by atoms with Gasteiger partial charge in [-0.3, -0.25) is 9.59 Å². The third kappa shape index (κ3) is 1.22. The zero-order valence-electron chi connectivity index (χ0n) is 5.46. The van der Waals surface area contributed by atoms with E-state index >= 15 is 0 Å². The average molecular weight is 143 g/mol. The number of rotatable bonds is 3. The van der Waals surface area contributed by atoms with E-state index in [0.717, 1.165) is 0 Å². The molecule has 1 aliphatic rings. The van der Waals surface area contributed by atoms with Crippen LogP contribution in [0.3, 0.4) is 0 Å². The van der Waals surface area contributed by atoms with Crippen molar-refractivity contribution in [2.45, 2.75) is 0 Å². The van der Waals surface area contributed by atoms with Crippen LogP contribution in [0.4, 0.5) is 0 Å². The summed E-state index contributed by atoms with van der Waals surface area (Å²) in [6.45, 7) is 0.491. The number of carbonyl (C=O) groups excluding carboxylic acids is 2. The van der Waals surface area contributed by atoms with Gasteiger partial charge in [0.2, 0.25) is 11.6 Å². The SMILES string of the molecule is O=C(CO)C(=O)C1CNC1. The molecule has 0 aromatic carbocycles. The number of aliphatic hydroxyl groups excluding tert-OH is 1. The smallest absolute Gasteiger partial charge is 0.224 e. The van der Waals surface area contributed by atoms with Crippen LogP contribution < -0.4 is 5.32 Å². The number of ketones is 2. The summed E-state index contributed by atoms with van der Waals surface area (Å²) in [6.07, 6.45) is 0. The van der Waals surface area contributed by atoms with Crippen molar-refractivity contribution < 1.29 is 14.7 Å². The van der Waals surface area contributed by atoms with Gasteiger partial charge in [0.25, 0.3) is 0 Å². The van der Waals surface area contributed by atoms with Crippen molar-refractivity contribution >= 4 is 11.6 Å². The van der Waals surface area contributed by atoms with Gasteiger partial charge < -0.3 is 10.4 Å². The summed E-state index contributed by atoms with van der Waals surface area (Å²) in [7, 11) is 0. The molecule has 1 heterocycles. The third-order valence-electron chi connectivity index (χ3n) is 1.57. The van der Waals surface area contributed by atoms with E-state index in [2.05, 4.69) is 5.32 Å². The molecule has 1 rings (SSSR count). The molecule has 0 atom stereocenters. The monoisotopic (exact) mass is 143 g/mol. The van der Waals surface area contributed by atoms with E-state index in [1.54, 1.807) is 0 Å². The van der Waals surface area contributed by atoms with Crippen molar-refractivity contribution in [3.63, 3.8) is 0 Å². The fourth-order valence-corrected chi connectivity index (χ4v) is 0.780. The van der Waals surface area contributed by atoms with Gasteiger partial charge >= 0.3 is 0 Å². The molecule has 0 saturated carbocycles. The molecule has 10 heavy (non-hydrogen) atoms. The summed E-state index contributed by atoms with van der Waals surface area (Å²) in [6, 6.07) is 0. The fourth-order valence-electron chi connectivity index (χ4n) is 0.780. The zero-order chi connectivity index (χ0) is 7.56. The minimum Gasteiger partial charge on any atom is -0.388 e. The normalized spacial score (nSPS) is 18.1. The summed E-state index contributed by atoms with van der Waals surface area (Å²) in [5.41, 5.74) is 0. The molecule has 4 nitrogen and oxygen atoms in total. The van der Waals surface area contributed by atoms with Crippen molar-refractivity contribution in [3.8, 4) is 0 Å². The Morgan fingerprint density at radius 2 is 2.10 bits per heavy atom. The number of nitrogens with one attached hydrogen (secondary N) is 1. The Morgan fingerprint density at radius 3 is 2.40 bits per heavy atom. The average Bonchev–Trinajstić information content (AvgIpc) is 1.82. The molecule has 56 valence electrons. The number of hydrogen-bond acceptors (Lipinski definition) is 4. The van der Waals surface area contributed by atoms with Crippen LogP contribution in [0.5, 0.6) is 0 Å². The van der Waals surface area contributed by atoms with Crippen molar-refractivity contribution in [1.82, 2.24) is 5.32 Å². The summed E-state index contributed by atoms with van der Waals surface area (Å²) in [5, 5.41) is 11.1. The molecule has 0 radical (unpaired) electrons. The minimum atomic E-state index is -0.675. The maximum absolute atomic E-state index is 10.8. The second-order valence-electron chi connectivity index (χ2n) is 2.30. The number of aliphatic hydroxyl groups is 1. The molecule has 1 saturated heterocycles. The lowest BCUT2D eigenvalue weighted by Crippen LogP contribution is -2.49. The van der Waals surface area contributed by atoms with Gasteiger partial charge in [-0.1, -0.05) is 0 Å². The van der Waals surface area contributed by atoms with Crippen LogP contribution >= 0.6 is 0 Å². The van der Waals surface area contributed by atoms with Crippen molar-refractivity contribution in [1.29, 1.82) is 0 Å². The van der Waals surface area contributed by atoms with Crippen molar-refractivity contribution in [2.24, 2.45) is 5.92 Å². The van der Waals surface area contributed by atoms with Gasteiger partial charge in [-0.2, -0.15) is 0 Å². The molecule has 1 fully saturated rings. The Hall–Kier alpha value is -0.740. The van der Waals surface area contributed by atoms with Gasteiger partial charge in [-0.05, 0) is 0 Å². The molecule has 1 aliphatic heterocycles. The quantitative estimate of drug-likeness (QED) is 0.464. The number of hydrogen-bond donors (Lipinski definition) is 2. The van der Waals surface area contributed by atoms with Crippen LogP contribution in [0.1, 0.15) is 0 Å². The first-order chi connectivity index (χ1) is 4.75. The standard InChI is InChI=1S/C6H9NO3/c8-3-5(9)6(10)4-1-7-2-4/h4,7-8H,1-3H2. The van der Waals surface area contributed by atoms with E-state index in [4.69, 9.17) is 5.11 Å². The summed E-state index contributed by atoms with van der Waals surface area (Å²) in [4.78, 5) is 21.3. The Balaban J connectivity index is 2.39. The van der Waals surface area contributed by atoms with Crippen LogP contribution in [0, 0.1) is 5.92 Å². The number of carbonyl (C=O) groups is 2. The topological polar surface area (TPSA) is 66.4 Å². The van der Waals surface area contributed by atoms with Crippen LogP contribution in [-0.4, -0.2) is 36.4 Å². The molecule has 2 N–H and O–H groups in total. The molecule has 0 aromatic rings. The van der Waals surface area contributed by atoms with E-state index in [1.807, 2.05) is 0 Å². The lowest BCUT2D eigenvalue weighted by atomic mass is 9.95. The van der Waals surface area contributed by atoms with Crippen molar-refractivity contribution in [3.05, 3.63) is 0 Å². The van der Waals surface area contributed by atoms with Crippen LogP contribution in [0.25, 0.3) is 0 Å². The lowest BCUT2D eigenvalue weighted by Gasteiger charge is -2.24. The summed E-state index contributed by atoms with van der Waals surface area (Å²) < 4.78 is 0. The van der Waals surface area contributed by atoms with Crippen LogP contribution in [0.2, 0.25) is 0 Å². The highest BCUT2D eigenvalue weighted by Gasteiger charge is 2.28. The lowest BCUT2D eigenvalue weighted by molar-refractivity contribution is -0.141. The number of Topliss-reactive ketones (excluding diaryl/α,β-unsaturated/α-hetero) is 2. The van der Waals surface area contributed by atoms with Crippen LogP contribution in [-0.2, 0) is 9.59 Å². The molecule has 0 aliphatic carbocycles. The largest absolute Gasteiger partial charge is 0.388 e. The van der Waals surface area contributed by atoms with E-state index in [-0.39, 0.29) is 5.92 Å². The maximum Gasteiger partial charge on any atom is 0.224 e. The van der Waals surface area contributed by atoms with Crippen LogP contribution in [0.15, 0.2) is 0 Å². The highest BCUT2D eigenvalue weighted by atomic mass is 16.3. The van der Waals surface area contributed by atoms with Gasteiger partial charge in [0.1, 0.15) is 6.61 Å². The predicted octanol–water partition coefficient (Wildman–Crippen LogP) is -1.66.